The van der Waals surface area contributed by atoms with Gasteiger partial charge in [0.2, 0.25) is 0 Å². The van der Waals surface area contributed by atoms with E-state index in [9.17, 15) is 19.7 Å². The molecule has 1 aromatic carbocycles. The van der Waals surface area contributed by atoms with Gasteiger partial charge in [-0.3, -0.25) is 4.57 Å². The molecule has 4 heterocycles. The molecule has 2 aromatic heterocycles. The zero-order chi connectivity index (χ0) is 21.5. The molecule has 0 radical (unpaired) electrons. The van der Waals surface area contributed by atoms with Crippen molar-refractivity contribution in [1.82, 2.24) is 19.5 Å². The number of fused-ring (bicyclic) bond motifs is 1. The van der Waals surface area contributed by atoms with Crippen molar-refractivity contribution >= 4 is 22.7 Å². The van der Waals surface area contributed by atoms with Crippen LogP contribution in [0.1, 0.15) is 6.23 Å². The zero-order valence-electron chi connectivity index (χ0n) is 16.6. The number of aliphatic hydroxyl groups is 3. The van der Waals surface area contributed by atoms with E-state index < -0.39 is 31.1 Å². The standard InChI is InChI=1S/C20H23FN6O4/c21-12-1-3-13(4-2-12)25-5-7-26(8-6-25)18-15-19(23-10-22-18)27(11-24-15)20-17(30)16(29)14(9-28)31-20/h1-4,10-11,14,16-17,20,28-30H,5-9H2/t14-,16-,17-,20-/m1/s1. The molecule has 11 heteroatoms. The van der Waals surface area contributed by atoms with E-state index in [1.807, 2.05) is 0 Å². The van der Waals surface area contributed by atoms with Gasteiger partial charge in [-0.25, -0.2) is 19.3 Å². The van der Waals surface area contributed by atoms with Crippen molar-refractivity contribution in [2.24, 2.45) is 0 Å². The normalized spacial score (nSPS) is 26.7. The average Bonchev–Trinajstić information content (AvgIpc) is 3.35. The fourth-order valence-electron chi connectivity index (χ4n) is 4.20. The fraction of sp³-hybridized carbons (Fsp3) is 0.450. The van der Waals surface area contributed by atoms with E-state index in [4.69, 9.17) is 4.74 Å². The highest BCUT2D eigenvalue weighted by Gasteiger charge is 2.44. The third kappa shape index (κ3) is 3.49. The summed E-state index contributed by atoms with van der Waals surface area (Å²) in [6, 6.07) is 6.47. The van der Waals surface area contributed by atoms with Crippen LogP contribution in [0, 0.1) is 5.82 Å². The zero-order valence-corrected chi connectivity index (χ0v) is 16.6. The summed E-state index contributed by atoms with van der Waals surface area (Å²) >= 11 is 0. The SMILES string of the molecule is OC[C@H]1O[C@@H](n2cnc3c(N4CCN(c5ccc(F)cc5)CC4)ncnc32)[C@H](O)[C@@H]1O. The molecule has 3 aromatic rings. The van der Waals surface area contributed by atoms with Gasteiger partial charge >= 0.3 is 0 Å². The Hall–Kier alpha value is -2.86. The summed E-state index contributed by atoms with van der Waals surface area (Å²) in [6.07, 6.45) is -1.27. The molecule has 2 saturated heterocycles. The molecule has 2 fully saturated rings. The molecule has 0 spiro atoms. The molecule has 0 saturated carbocycles. The lowest BCUT2D eigenvalue weighted by Crippen LogP contribution is -2.47. The number of aliphatic hydroxyl groups excluding tert-OH is 3. The van der Waals surface area contributed by atoms with Crippen LogP contribution in [0.15, 0.2) is 36.9 Å². The highest BCUT2D eigenvalue weighted by molar-refractivity contribution is 5.83. The van der Waals surface area contributed by atoms with E-state index >= 15 is 0 Å². The van der Waals surface area contributed by atoms with Gasteiger partial charge in [-0.2, -0.15) is 0 Å². The minimum Gasteiger partial charge on any atom is -0.394 e. The lowest BCUT2D eigenvalue weighted by atomic mass is 10.1. The second-order valence-electron chi connectivity index (χ2n) is 7.70. The first kappa shape index (κ1) is 20.1. The molecule has 4 atom stereocenters. The van der Waals surface area contributed by atoms with Gasteiger partial charge in [-0.1, -0.05) is 0 Å². The number of rotatable bonds is 4. The van der Waals surface area contributed by atoms with Crippen LogP contribution < -0.4 is 9.80 Å². The van der Waals surface area contributed by atoms with Crippen LogP contribution in [0.25, 0.3) is 11.2 Å². The average molecular weight is 430 g/mol. The van der Waals surface area contributed by atoms with E-state index in [0.29, 0.717) is 30.1 Å². The smallest absolute Gasteiger partial charge is 0.167 e. The summed E-state index contributed by atoms with van der Waals surface area (Å²) in [5.74, 6) is 0.421. The van der Waals surface area contributed by atoms with E-state index in [1.165, 1.54) is 24.8 Å². The molecule has 0 unspecified atom stereocenters. The maximum Gasteiger partial charge on any atom is 0.167 e. The molecule has 0 bridgehead atoms. The number of hydrogen-bond donors (Lipinski definition) is 3. The summed E-state index contributed by atoms with van der Waals surface area (Å²) in [6.45, 7) is 2.48. The van der Waals surface area contributed by atoms with Crippen LogP contribution in [0.2, 0.25) is 0 Å². The number of benzene rings is 1. The predicted molar refractivity (Wildman–Crippen MR) is 109 cm³/mol. The first-order valence-corrected chi connectivity index (χ1v) is 10.1. The Morgan fingerprint density at radius 2 is 1.68 bits per heavy atom. The van der Waals surface area contributed by atoms with E-state index in [-0.39, 0.29) is 5.82 Å². The van der Waals surface area contributed by atoms with Gasteiger partial charge in [-0.15, -0.1) is 0 Å². The molecule has 3 N–H and O–H groups in total. The van der Waals surface area contributed by atoms with Crippen LogP contribution in [0.5, 0.6) is 0 Å². The Kier molecular flexibility index (Phi) is 5.18. The Morgan fingerprint density at radius 3 is 2.35 bits per heavy atom. The number of halogens is 1. The Bertz CT molecular complexity index is 1060. The predicted octanol–water partition coefficient (Wildman–Crippen LogP) is -0.0965. The van der Waals surface area contributed by atoms with E-state index in [1.54, 1.807) is 16.7 Å². The lowest BCUT2D eigenvalue weighted by Gasteiger charge is -2.36. The molecule has 2 aliphatic heterocycles. The number of anilines is 2. The van der Waals surface area contributed by atoms with Gasteiger partial charge in [0, 0.05) is 31.9 Å². The summed E-state index contributed by atoms with van der Waals surface area (Å²) in [5.41, 5.74) is 2.01. The Balaban J connectivity index is 1.37. The summed E-state index contributed by atoms with van der Waals surface area (Å²) in [4.78, 5) is 17.5. The number of imidazole rings is 1. The maximum absolute atomic E-state index is 13.2. The molecular formula is C20H23FN6O4. The van der Waals surface area contributed by atoms with Crippen molar-refractivity contribution in [2.75, 3.05) is 42.6 Å². The topological polar surface area (TPSA) is 120 Å². The molecule has 10 nitrogen and oxygen atoms in total. The van der Waals surface area contributed by atoms with Gasteiger partial charge in [-0.05, 0) is 24.3 Å². The van der Waals surface area contributed by atoms with E-state index in [0.717, 1.165) is 18.8 Å². The van der Waals surface area contributed by atoms with Crippen molar-refractivity contribution in [2.45, 2.75) is 24.5 Å². The molecule has 0 amide bonds. The van der Waals surface area contributed by atoms with Crippen molar-refractivity contribution in [1.29, 1.82) is 0 Å². The number of aromatic nitrogens is 4. The van der Waals surface area contributed by atoms with Gasteiger partial charge < -0.3 is 29.9 Å². The van der Waals surface area contributed by atoms with Crippen molar-refractivity contribution < 1.29 is 24.4 Å². The quantitative estimate of drug-likeness (QED) is 0.521. The molecule has 31 heavy (non-hydrogen) atoms. The summed E-state index contributed by atoms with van der Waals surface area (Å²) < 4.78 is 20.4. The number of ether oxygens (including phenoxy) is 1. The van der Waals surface area contributed by atoms with Gasteiger partial charge in [0.05, 0.1) is 12.9 Å². The Morgan fingerprint density at radius 1 is 0.968 bits per heavy atom. The van der Waals surface area contributed by atoms with Gasteiger partial charge in [0.15, 0.2) is 23.2 Å². The number of piperazine rings is 1. The van der Waals surface area contributed by atoms with Crippen molar-refractivity contribution in [3.8, 4) is 0 Å². The second-order valence-corrected chi connectivity index (χ2v) is 7.70. The van der Waals surface area contributed by atoms with Gasteiger partial charge in [0.1, 0.15) is 30.5 Å². The lowest BCUT2D eigenvalue weighted by molar-refractivity contribution is -0.0511. The van der Waals surface area contributed by atoms with Crippen LogP contribution >= 0.6 is 0 Å². The monoisotopic (exact) mass is 430 g/mol. The first-order chi connectivity index (χ1) is 15.1. The third-order valence-electron chi connectivity index (χ3n) is 5.90. The van der Waals surface area contributed by atoms with Crippen LogP contribution in [-0.2, 0) is 4.74 Å². The molecule has 0 aliphatic carbocycles. The molecular weight excluding hydrogens is 407 g/mol. The second kappa shape index (κ2) is 8.00. The minimum atomic E-state index is -1.22. The van der Waals surface area contributed by atoms with Crippen molar-refractivity contribution in [3.05, 3.63) is 42.7 Å². The largest absolute Gasteiger partial charge is 0.394 e. The third-order valence-corrected chi connectivity index (χ3v) is 5.90. The van der Waals surface area contributed by atoms with E-state index in [2.05, 4.69) is 24.8 Å². The maximum atomic E-state index is 13.2. The summed E-state index contributed by atoms with van der Waals surface area (Å²) in [5, 5.41) is 29.7. The Labute approximate surface area is 177 Å². The number of nitrogens with zero attached hydrogens (tertiary/aromatic N) is 6. The highest BCUT2D eigenvalue weighted by atomic mass is 19.1. The first-order valence-electron chi connectivity index (χ1n) is 10.1. The van der Waals surface area contributed by atoms with Crippen LogP contribution in [0.3, 0.4) is 0 Å². The summed E-state index contributed by atoms with van der Waals surface area (Å²) in [7, 11) is 0. The minimum absolute atomic E-state index is 0.254. The van der Waals surface area contributed by atoms with Gasteiger partial charge in [0.25, 0.3) is 0 Å². The van der Waals surface area contributed by atoms with Crippen molar-refractivity contribution in [3.63, 3.8) is 0 Å². The molecule has 5 rings (SSSR count). The highest BCUT2D eigenvalue weighted by Crippen LogP contribution is 2.33. The molecule has 164 valence electrons. The van der Waals surface area contributed by atoms with Crippen LogP contribution in [-0.4, -0.2) is 85.9 Å². The fourth-order valence-corrected chi connectivity index (χ4v) is 4.20. The van der Waals surface area contributed by atoms with Crippen LogP contribution in [0.4, 0.5) is 15.9 Å². The molecule has 2 aliphatic rings. The number of hydrogen-bond acceptors (Lipinski definition) is 9.